The van der Waals surface area contributed by atoms with Crippen LogP contribution in [-0.4, -0.2) is 23.0 Å². The Morgan fingerprint density at radius 3 is 2.81 bits per heavy atom. The largest absolute Gasteiger partial charge is 0.379 e. The fourth-order valence-electron chi connectivity index (χ4n) is 1.54. The monoisotopic (exact) mass is 289 g/mol. The van der Waals surface area contributed by atoms with E-state index >= 15 is 0 Å². The predicted octanol–water partition coefficient (Wildman–Crippen LogP) is 2.65. The summed E-state index contributed by atoms with van der Waals surface area (Å²) >= 11 is 3.48. The van der Waals surface area contributed by atoms with Gasteiger partial charge >= 0.3 is 0 Å². The van der Waals surface area contributed by atoms with E-state index in [-0.39, 0.29) is 6.04 Å². The van der Waals surface area contributed by atoms with Crippen molar-refractivity contribution in [1.29, 1.82) is 0 Å². The highest BCUT2D eigenvalue weighted by atomic mass is 79.9. The van der Waals surface area contributed by atoms with Crippen LogP contribution in [0.1, 0.15) is 45.0 Å². The van der Waals surface area contributed by atoms with Crippen molar-refractivity contribution in [3.8, 4) is 0 Å². The molecule has 92 valence electrons. The molecule has 0 saturated carbocycles. The van der Waals surface area contributed by atoms with E-state index in [1.807, 2.05) is 4.68 Å². The van der Waals surface area contributed by atoms with Gasteiger partial charge in [0.25, 0.3) is 0 Å². The molecule has 1 heterocycles. The Morgan fingerprint density at radius 2 is 2.25 bits per heavy atom. The lowest BCUT2D eigenvalue weighted by Gasteiger charge is -2.17. The van der Waals surface area contributed by atoms with Crippen LogP contribution in [0.4, 0.5) is 0 Å². The van der Waals surface area contributed by atoms with E-state index in [4.69, 9.17) is 10.5 Å². The van der Waals surface area contributed by atoms with Crippen molar-refractivity contribution in [2.75, 3.05) is 13.2 Å². The lowest BCUT2D eigenvalue weighted by Crippen LogP contribution is -2.22. The van der Waals surface area contributed by atoms with Crippen LogP contribution < -0.4 is 5.73 Å². The molecule has 2 N–H and O–H groups in total. The number of nitrogens with two attached hydrogens (primary N) is 1. The van der Waals surface area contributed by atoms with E-state index in [1.165, 1.54) is 0 Å². The Balaban J connectivity index is 2.73. The van der Waals surface area contributed by atoms with Crippen LogP contribution in [-0.2, 0) is 4.74 Å². The molecule has 1 aromatic heterocycles. The van der Waals surface area contributed by atoms with Gasteiger partial charge < -0.3 is 10.5 Å². The molecule has 0 fully saturated rings. The van der Waals surface area contributed by atoms with Gasteiger partial charge in [0.2, 0.25) is 0 Å². The zero-order chi connectivity index (χ0) is 12.1. The number of hydrogen-bond donors (Lipinski definition) is 1. The Labute approximate surface area is 105 Å². The Bertz CT molecular complexity index is 325. The zero-order valence-electron chi connectivity index (χ0n) is 10.1. The fraction of sp³-hybridized carbons (Fsp3) is 0.727. The summed E-state index contributed by atoms with van der Waals surface area (Å²) in [5, 5.41) is 4.30. The van der Waals surface area contributed by atoms with Crippen LogP contribution in [0.2, 0.25) is 0 Å². The van der Waals surface area contributed by atoms with Gasteiger partial charge in [-0.25, -0.2) is 0 Å². The van der Waals surface area contributed by atoms with Crippen LogP contribution in [0.3, 0.4) is 0 Å². The predicted molar refractivity (Wildman–Crippen MR) is 68.4 cm³/mol. The SMILES string of the molecule is CCCOCC(N)c1c(Br)cnn1C(C)C. The normalized spacial score (nSPS) is 13.4. The van der Waals surface area contributed by atoms with Crippen molar-refractivity contribution < 1.29 is 4.74 Å². The average Bonchev–Trinajstić information content (AvgIpc) is 2.60. The van der Waals surface area contributed by atoms with E-state index < -0.39 is 0 Å². The quantitative estimate of drug-likeness (QED) is 0.819. The molecule has 0 aliphatic rings. The molecule has 16 heavy (non-hydrogen) atoms. The first kappa shape index (κ1) is 13.7. The highest BCUT2D eigenvalue weighted by Gasteiger charge is 2.18. The molecule has 1 aromatic rings. The molecule has 0 bridgehead atoms. The number of hydrogen-bond acceptors (Lipinski definition) is 3. The van der Waals surface area contributed by atoms with Crippen LogP contribution >= 0.6 is 15.9 Å². The van der Waals surface area contributed by atoms with Gasteiger partial charge in [-0.15, -0.1) is 0 Å². The Kier molecular flexibility index (Phi) is 5.44. The van der Waals surface area contributed by atoms with Crippen molar-refractivity contribution in [1.82, 2.24) is 9.78 Å². The van der Waals surface area contributed by atoms with Gasteiger partial charge in [-0.2, -0.15) is 5.10 Å². The summed E-state index contributed by atoms with van der Waals surface area (Å²) in [5.74, 6) is 0. The average molecular weight is 290 g/mol. The molecule has 4 nitrogen and oxygen atoms in total. The number of ether oxygens (including phenoxy) is 1. The number of nitrogens with zero attached hydrogens (tertiary/aromatic N) is 2. The molecule has 1 atom stereocenters. The van der Waals surface area contributed by atoms with E-state index in [1.54, 1.807) is 6.20 Å². The molecule has 0 saturated heterocycles. The second kappa shape index (κ2) is 6.37. The number of aromatic nitrogens is 2. The van der Waals surface area contributed by atoms with Crippen molar-refractivity contribution >= 4 is 15.9 Å². The lowest BCUT2D eigenvalue weighted by atomic mass is 10.2. The molecule has 0 aliphatic heterocycles. The van der Waals surface area contributed by atoms with Crippen LogP contribution in [0.25, 0.3) is 0 Å². The maximum absolute atomic E-state index is 6.10. The van der Waals surface area contributed by atoms with Crippen LogP contribution in [0, 0.1) is 0 Å². The van der Waals surface area contributed by atoms with E-state index in [9.17, 15) is 0 Å². The van der Waals surface area contributed by atoms with E-state index in [0.717, 1.165) is 23.2 Å². The summed E-state index contributed by atoms with van der Waals surface area (Å²) in [4.78, 5) is 0. The third-order valence-electron chi connectivity index (χ3n) is 2.27. The molecule has 5 heteroatoms. The van der Waals surface area contributed by atoms with Crippen molar-refractivity contribution in [2.45, 2.75) is 39.3 Å². The van der Waals surface area contributed by atoms with E-state index in [2.05, 4.69) is 41.8 Å². The minimum absolute atomic E-state index is 0.133. The van der Waals surface area contributed by atoms with Crippen molar-refractivity contribution in [2.24, 2.45) is 5.73 Å². The molecule has 0 amide bonds. The molecule has 1 rings (SSSR count). The van der Waals surface area contributed by atoms with Crippen molar-refractivity contribution in [3.05, 3.63) is 16.4 Å². The minimum atomic E-state index is -0.133. The fourth-order valence-corrected chi connectivity index (χ4v) is 2.11. The first-order valence-corrected chi connectivity index (χ1v) is 6.43. The molecular weight excluding hydrogens is 270 g/mol. The molecule has 0 aromatic carbocycles. The standard InChI is InChI=1S/C11H20BrN3O/c1-4-5-16-7-10(13)11-9(12)6-14-15(11)8(2)3/h6,8,10H,4-5,7,13H2,1-3H3. The summed E-state index contributed by atoms with van der Waals surface area (Å²) in [6, 6.07) is 0.171. The number of halogens is 1. The number of rotatable bonds is 6. The molecular formula is C11H20BrN3O. The smallest absolute Gasteiger partial charge is 0.0720 e. The lowest BCUT2D eigenvalue weighted by molar-refractivity contribution is 0.119. The molecule has 0 radical (unpaired) electrons. The molecule has 0 spiro atoms. The summed E-state index contributed by atoms with van der Waals surface area (Å²) < 4.78 is 8.36. The van der Waals surface area contributed by atoms with Gasteiger partial charge in [0.15, 0.2) is 0 Å². The third-order valence-corrected chi connectivity index (χ3v) is 2.88. The second-order valence-electron chi connectivity index (χ2n) is 4.10. The van der Waals surface area contributed by atoms with Crippen LogP contribution in [0.5, 0.6) is 0 Å². The van der Waals surface area contributed by atoms with Gasteiger partial charge in [-0.3, -0.25) is 4.68 Å². The Hall–Kier alpha value is -0.390. The highest BCUT2D eigenvalue weighted by molar-refractivity contribution is 9.10. The first-order chi connectivity index (χ1) is 7.57. The maximum atomic E-state index is 6.10. The zero-order valence-corrected chi connectivity index (χ0v) is 11.7. The van der Waals surface area contributed by atoms with Gasteiger partial charge in [-0.1, -0.05) is 6.92 Å². The first-order valence-electron chi connectivity index (χ1n) is 5.64. The molecule has 1 unspecified atom stereocenters. The minimum Gasteiger partial charge on any atom is -0.379 e. The Morgan fingerprint density at radius 1 is 1.56 bits per heavy atom. The van der Waals surface area contributed by atoms with E-state index in [0.29, 0.717) is 12.6 Å². The van der Waals surface area contributed by atoms with Gasteiger partial charge in [-0.05, 0) is 36.2 Å². The van der Waals surface area contributed by atoms with Crippen molar-refractivity contribution in [3.63, 3.8) is 0 Å². The summed E-state index contributed by atoms with van der Waals surface area (Å²) in [7, 11) is 0. The summed E-state index contributed by atoms with van der Waals surface area (Å²) in [6.07, 6.45) is 2.80. The van der Waals surface area contributed by atoms with Gasteiger partial charge in [0.1, 0.15) is 0 Å². The molecule has 0 aliphatic carbocycles. The summed E-state index contributed by atoms with van der Waals surface area (Å²) in [5.41, 5.74) is 7.11. The maximum Gasteiger partial charge on any atom is 0.0720 e. The summed E-state index contributed by atoms with van der Waals surface area (Å²) in [6.45, 7) is 7.54. The van der Waals surface area contributed by atoms with Crippen LogP contribution in [0.15, 0.2) is 10.7 Å². The van der Waals surface area contributed by atoms with Gasteiger partial charge in [0, 0.05) is 12.6 Å². The van der Waals surface area contributed by atoms with Gasteiger partial charge in [0.05, 0.1) is 29.0 Å². The second-order valence-corrected chi connectivity index (χ2v) is 4.95. The topological polar surface area (TPSA) is 53.1 Å². The highest BCUT2D eigenvalue weighted by Crippen LogP contribution is 2.24. The third kappa shape index (κ3) is 3.30.